The van der Waals surface area contributed by atoms with E-state index in [1.54, 1.807) is 25.4 Å². The Morgan fingerprint density at radius 3 is 2.74 bits per heavy atom. The van der Waals surface area contributed by atoms with Gasteiger partial charge in [-0.25, -0.2) is 0 Å². The van der Waals surface area contributed by atoms with Crippen LogP contribution in [0.3, 0.4) is 0 Å². The van der Waals surface area contributed by atoms with Crippen LogP contribution in [-0.2, 0) is 0 Å². The number of nitrogens with zero attached hydrogens (tertiary/aromatic N) is 3. The van der Waals surface area contributed by atoms with Gasteiger partial charge < -0.3 is 0 Å². The van der Waals surface area contributed by atoms with Gasteiger partial charge >= 0.3 is 138 Å². The first-order valence-corrected chi connectivity index (χ1v) is 8.44. The first kappa shape index (κ1) is 15.2. The number of aromatic nitrogens is 2. The molecule has 2 aromatic heterocycles. The molecule has 23 heavy (non-hydrogen) atoms. The Morgan fingerprint density at radius 2 is 2.13 bits per heavy atom. The molecule has 0 spiro atoms. The van der Waals surface area contributed by atoms with Crippen LogP contribution in [0.4, 0.5) is 5.69 Å². The molecule has 0 bridgehead atoms. The second kappa shape index (κ2) is 6.17. The molecule has 3 rings (SSSR count). The average Bonchev–Trinajstić information content (AvgIpc) is 2.97. The standard InChI is InChI=1S/C17H11N3O2Se/c1-10-15(17(21)22)23-16(20-10)11-5-6-13(14(8-11)18-2)12-4-3-7-19-9-12/h3-9H,1H3,(H,21,22). The van der Waals surface area contributed by atoms with E-state index in [9.17, 15) is 9.90 Å². The molecule has 0 unspecified atom stereocenters. The number of hydrogen-bond donors (Lipinski definition) is 1. The van der Waals surface area contributed by atoms with Gasteiger partial charge in [0.05, 0.1) is 0 Å². The van der Waals surface area contributed by atoms with Crippen molar-refractivity contribution in [2.45, 2.75) is 6.92 Å². The Morgan fingerprint density at radius 1 is 1.30 bits per heavy atom. The molecule has 0 saturated heterocycles. The first-order chi connectivity index (χ1) is 11.1. The van der Waals surface area contributed by atoms with Crippen LogP contribution in [0, 0.1) is 13.5 Å². The van der Waals surface area contributed by atoms with Crippen molar-refractivity contribution in [2.75, 3.05) is 0 Å². The van der Waals surface area contributed by atoms with Gasteiger partial charge in [0.1, 0.15) is 0 Å². The van der Waals surface area contributed by atoms with Crippen molar-refractivity contribution < 1.29 is 9.90 Å². The Kier molecular flexibility index (Phi) is 4.07. The quantitative estimate of drug-likeness (QED) is 0.568. The van der Waals surface area contributed by atoms with E-state index in [1.165, 1.54) is 0 Å². The van der Waals surface area contributed by atoms with Crippen LogP contribution in [0.5, 0.6) is 0 Å². The van der Waals surface area contributed by atoms with E-state index in [4.69, 9.17) is 6.57 Å². The summed E-state index contributed by atoms with van der Waals surface area (Å²) in [4.78, 5) is 23.2. The molecular weight excluding hydrogens is 357 g/mol. The number of aryl methyl sites for hydroxylation is 1. The molecule has 5 nitrogen and oxygen atoms in total. The average molecular weight is 368 g/mol. The molecule has 0 radical (unpaired) electrons. The Bertz CT molecular complexity index is 927. The summed E-state index contributed by atoms with van der Waals surface area (Å²) in [6.07, 6.45) is 3.40. The van der Waals surface area contributed by atoms with Gasteiger partial charge in [-0.05, 0) is 0 Å². The fraction of sp³-hybridized carbons (Fsp3) is 0.0588. The third-order valence-corrected chi connectivity index (χ3v) is 5.83. The summed E-state index contributed by atoms with van der Waals surface area (Å²) in [6.45, 7) is 9.12. The minimum absolute atomic E-state index is 0.342. The van der Waals surface area contributed by atoms with E-state index in [0.29, 0.717) is 15.8 Å². The number of carboxylic acid groups (broad SMARTS) is 1. The first-order valence-electron chi connectivity index (χ1n) is 6.73. The second-order valence-electron chi connectivity index (χ2n) is 4.82. The Balaban J connectivity index is 2.08. The van der Waals surface area contributed by atoms with Crippen LogP contribution in [0.2, 0.25) is 0 Å². The Labute approximate surface area is 138 Å². The molecule has 1 N–H and O–H groups in total. The number of aromatic carboxylic acids is 1. The van der Waals surface area contributed by atoms with Crippen molar-refractivity contribution in [2.24, 2.45) is 0 Å². The van der Waals surface area contributed by atoms with E-state index >= 15 is 0 Å². The molecule has 0 aliphatic carbocycles. The van der Waals surface area contributed by atoms with Gasteiger partial charge in [-0.2, -0.15) is 0 Å². The van der Waals surface area contributed by atoms with E-state index in [2.05, 4.69) is 14.8 Å². The zero-order valence-electron chi connectivity index (χ0n) is 12.1. The van der Waals surface area contributed by atoms with E-state index in [0.717, 1.165) is 21.3 Å². The van der Waals surface area contributed by atoms with Gasteiger partial charge in [0, 0.05) is 0 Å². The maximum atomic E-state index is 11.2. The van der Waals surface area contributed by atoms with Crippen molar-refractivity contribution in [1.82, 2.24) is 9.97 Å². The van der Waals surface area contributed by atoms with Crippen molar-refractivity contribution >= 4 is 26.2 Å². The van der Waals surface area contributed by atoms with Crippen LogP contribution in [0.25, 0.3) is 26.1 Å². The molecule has 3 aromatic rings. The van der Waals surface area contributed by atoms with Gasteiger partial charge in [-0.3, -0.25) is 0 Å². The topological polar surface area (TPSA) is 67.4 Å². The Hall–Kier alpha value is -2.74. The predicted molar refractivity (Wildman–Crippen MR) is 87.8 cm³/mol. The third-order valence-electron chi connectivity index (χ3n) is 3.33. The van der Waals surface area contributed by atoms with Crippen LogP contribution in [0.15, 0.2) is 42.7 Å². The predicted octanol–water partition coefficient (Wildman–Crippen LogP) is 3.43. The summed E-state index contributed by atoms with van der Waals surface area (Å²) in [7, 11) is 0. The van der Waals surface area contributed by atoms with Gasteiger partial charge in [-0.15, -0.1) is 0 Å². The van der Waals surface area contributed by atoms with Gasteiger partial charge in [0.25, 0.3) is 0 Å². The zero-order chi connectivity index (χ0) is 16.4. The monoisotopic (exact) mass is 369 g/mol. The molecule has 0 aliphatic heterocycles. The molecule has 0 amide bonds. The second-order valence-corrected chi connectivity index (χ2v) is 6.92. The van der Waals surface area contributed by atoms with Crippen LogP contribution >= 0.6 is 0 Å². The summed E-state index contributed by atoms with van der Waals surface area (Å²) in [5.41, 5.74) is 3.55. The summed E-state index contributed by atoms with van der Waals surface area (Å²) >= 11 is -0.342. The van der Waals surface area contributed by atoms with Crippen molar-refractivity contribution in [1.29, 1.82) is 0 Å². The molecule has 1 aromatic carbocycles. The number of benzene rings is 1. The molecular formula is C17H11N3O2Se. The number of carbonyl (C=O) groups is 1. The van der Waals surface area contributed by atoms with Gasteiger partial charge in [0.15, 0.2) is 0 Å². The number of rotatable bonds is 3. The molecule has 2 heterocycles. The molecule has 0 atom stereocenters. The molecule has 0 saturated carbocycles. The minimum atomic E-state index is -0.918. The fourth-order valence-corrected chi connectivity index (χ4v) is 4.13. The van der Waals surface area contributed by atoms with Crippen molar-refractivity contribution in [3.8, 4) is 21.3 Å². The van der Waals surface area contributed by atoms with E-state index in [1.807, 2.05) is 24.3 Å². The summed E-state index contributed by atoms with van der Waals surface area (Å²) < 4.78 is 1.11. The zero-order valence-corrected chi connectivity index (χ0v) is 13.9. The van der Waals surface area contributed by atoms with Crippen molar-refractivity contribution in [3.05, 3.63) is 64.3 Å². The van der Waals surface area contributed by atoms with E-state index < -0.39 is 5.97 Å². The van der Waals surface area contributed by atoms with Gasteiger partial charge in [-0.1, -0.05) is 0 Å². The molecule has 0 aliphatic rings. The maximum absolute atomic E-state index is 11.2. The van der Waals surface area contributed by atoms with Crippen LogP contribution in [-0.4, -0.2) is 35.5 Å². The van der Waals surface area contributed by atoms with E-state index in [-0.39, 0.29) is 14.5 Å². The summed E-state index contributed by atoms with van der Waals surface area (Å²) in [6, 6.07) is 9.26. The van der Waals surface area contributed by atoms with Crippen LogP contribution in [0.1, 0.15) is 14.9 Å². The summed E-state index contributed by atoms with van der Waals surface area (Å²) in [5, 5.41) is 9.17. The fourth-order valence-electron chi connectivity index (χ4n) is 2.24. The number of pyridine rings is 1. The normalized spacial score (nSPS) is 10.3. The molecule has 112 valence electrons. The van der Waals surface area contributed by atoms with Crippen molar-refractivity contribution in [3.63, 3.8) is 0 Å². The number of carboxylic acids is 1. The SMILES string of the molecule is [C-]#[N+]c1cc(-c2nc(C)c(C(=O)O)[se]2)ccc1-c1cccnc1. The van der Waals surface area contributed by atoms with Gasteiger partial charge in [0.2, 0.25) is 0 Å². The summed E-state index contributed by atoms with van der Waals surface area (Å²) in [5.74, 6) is -0.918. The number of hydrogen-bond acceptors (Lipinski definition) is 3. The molecule has 6 heteroatoms. The van der Waals surface area contributed by atoms with Crippen LogP contribution < -0.4 is 0 Å². The molecule has 0 fully saturated rings. The third kappa shape index (κ3) is 2.93.